The molecule has 2 aliphatic rings. The number of nitrogens with one attached hydrogen (secondary N) is 2. The van der Waals surface area contributed by atoms with E-state index in [-0.39, 0.29) is 17.9 Å². The highest BCUT2D eigenvalue weighted by atomic mass is 19.1. The third-order valence-corrected chi connectivity index (χ3v) is 6.42. The number of aromatic amines is 1. The lowest BCUT2D eigenvalue weighted by Crippen LogP contribution is -2.46. The Morgan fingerprint density at radius 2 is 2.06 bits per heavy atom. The molecular formula is C21H21FN8O. The standard InChI is InChI=1S/C21H21FN8O/c1-24-16-4-11(22)3-13-17-19(27-18(13)16)28-21(31-12-5-25-9-26-6-12)29-20(17)30-7-10-2-15(23)14(10)8-30/h3-6,9-10,14-15,24H,2,7-8,23H2,1H3,(H,27,28,29)/t10?,14?,15-/m1/s1. The number of anilines is 2. The average molecular weight is 420 g/mol. The number of rotatable bonds is 4. The highest BCUT2D eigenvalue weighted by Gasteiger charge is 2.46. The van der Waals surface area contributed by atoms with Gasteiger partial charge in [-0.15, -0.1) is 0 Å². The summed E-state index contributed by atoms with van der Waals surface area (Å²) in [4.78, 5) is 22.8. The molecule has 3 atom stereocenters. The molecule has 31 heavy (non-hydrogen) atoms. The van der Waals surface area contributed by atoms with Gasteiger partial charge in [-0.25, -0.2) is 14.4 Å². The molecule has 4 N–H and O–H groups in total. The Balaban J connectivity index is 1.55. The molecule has 1 aromatic carbocycles. The first-order valence-corrected chi connectivity index (χ1v) is 10.2. The van der Waals surface area contributed by atoms with Crippen molar-refractivity contribution in [3.63, 3.8) is 0 Å². The van der Waals surface area contributed by atoms with E-state index in [2.05, 4.69) is 30.2 Å². The van der Waals surface area contributed by atoms with Gasteiger partial charge >= 0.3 is 6.01 Å². The fourth-order valence-electron chi connectivity index (χ4n) is 4.87. The number of ether oxygens (including phenoxy) is 1. The number of fused-ring (bicyclic) bond motifs is 4. The Morgan fingerprint density at radius 1 is 1.23 bits per heavy atom. The van der Waals surface area contributed by atoms with Gasteiger partial charge in [-0.1, -0.05) is 0 Å². The molecule has 2 unspecified atom stereocenters. The first kappa shape index (κ1) is 18.3. The molecule has 0 radical (unpaired) electrons. The summed E-state index contributed by atoms with van der Waals surface area (Å²) in [6.07, 6.45) is 5.55. The minimum Gasteiger partial charge on any atom is -0.421 e. The molecule has 158 valence electrons. The summed E-state index contributed by atoms with van der Waals surface area (Å²) in [5.74, 6) is 1.84. The highest BCUT2D eigenvalue weighted by Crippen LogP contribution is 2.44. The van der Waals surface area contributed by atoms with Crippen molar-refractivity contribution < 1.29 is 9.13 Å². The predicted octanol–water partition coefficient (Wildman–Crippen LogP) is 2.66. The van der Waals surface area contributed by atoms with Crippen LogP contribution in [-0.4, -0.2) is 51.1 Å². The quantitative estimate of drug-likeness (QED) is 0.461. The van der Waals surface area contributed by atoms with Crippen molar-refractivity contribution in [3.05, 3.63) is 36.7 Å². The van der Waals surface area contributed by atoms with E-state index in [0.29, 0.717) is 28.9 Å². The van der Waals surface area contributed by atoms with Crippen molar-refractivity contribution in [2.24, 2.45) is 17.6 Å². The average Bonchev–Trinajstić information content (AvgIpc) is 3.31. The lowest BCUT2D eigenvalue weighted by molar-refractivity contribution is 0.194. The predicted molar refractivity (Wildman–Crippen MR) is 115 cm³/mol. The number of halogens is 1. The lowest BCUT2D eigenvalue weighted by atomic mass is 9.72. The van der Waals surface area contributed by atoms with Crippen LogP contribution < -0.4 is 20.7 Å². The van der Waals surface area contributed by atoms with Crippen LogP contribution in [0.3, 0.4) is 0 Å². The van der Waals surface area contributed by atoms with Gasteiger partial charge in [-0.3, -0.25) is 0 Å². The van der Waals surface area contributed by atoms with Gasteiger partial charge in [0.15, 0.2) is 5.75 Å². The van der Waals surface area contributed by atoms with Gasteiger partial charge in [0.25, 0.3) is 0 Å². The van der Waals surface area contributed by atoms with Crippen LogP contribution in [-0.2, 0) is 0 Å². The van der Waals surface area contributed by atoms with Crippen LogP contribution in [0.5, 0.6) is 11.8 Å². The molecule has 0 bridgehead atoms. The third kappa shape index (κ3) is 2.86. The lowest BCUT2D eigenvalue weighted by Gasteiger charge is -2.36. The fourth-order valence-corrected chi connectivity index (χ4v) is 4.87. The van der Waals surface area contributed by atoms with E-state index in [9.17, 15) is 4.39 Å². The Kier molecular flexibility index (Phi) is 3.97. The zero-order valence-electron chi connectivity index (χ0n) is 16.8. The maximum Gasteiger partial charge on any atom is 0.326 e. The summed E-state index contributed by atoms with van der Waals surface area (Å²) in [6, 6.07) is 3.38. The molecule has 10 heteroatoms. The minimum atomic E-state index is -0.325. The second-order valence-electron chi connectivity index (χ2n) is 8.21. The molecule has 2 fully saturated rings. The number of H-pyrrole nitrogens is 1. The molecular weight excluding hydrogens is 399 g/mol. The smallest absolute Gasteiger partial charge is 0.326 e. The first-order chi connectivity index (χ1) is 15.1. The number of hydrogen-bond donors (Lipinski definition) is 3. The van der Waals surface area contributed by atoms with Crippen molar-refractivity contribution >= 4 is 33.4 Å². The Bertz CT molecular complexity index is 1290. The first-order valence-electron chi connectivity index (χ1n) is 10.2. The van der Waals surface area contributed by atoms with Crippen LogP contribution in [0.2, 0.25) is 0 Å². The third-order valence-electron chi connectivity index (χ3n) is 6.42. The summed E-state index contributed by atoms with van der Waals surface area (Å²) in [5.41, 5.74) is 8.22. The molecule has 4 heterocycles. The summed E-state index contributed by atoms with van der Waals surface area (Å²) in [5, 5.41) is 4.55. The summed E-state index contributed by atoms with van der Waals surface area (Å²) in [6.45, 7) is 1.67. The molecule has 4 aromatic rings. The van der Waals surface area contributed by atoms with Crippen LogP contribution in [0.1, 0.15) is 6.42 Å². The van der Waals surface area contributed by atoms with Crippen molar-refractivity contribution in [2.45, 2.75) is 12.5 Å². The van der Waals surface area contributed by atoms with Crippen LogP contribution in [0.25, 0.3) is 21.9 Å². The van der Waals surface area contributed by atoms with E-state index in [4.69, 9.17) is 15.5 Å². The van der Waals surface area contributed by atoms with E-state index in [1.165, 1.54) is 18.5 Å². The van der Waals surface area contributed by atoms with Gasteiger partial charge in [-0.2, -0.15) is 9.97 Å². The molecule has 0 amide bonds. The highest BCUT2D eigenvalue weighted by molar-refractivity contribution is 6.14. The topological polar surface area (TPSA) is 118 Å². The number of benzene rings is 1. The van der Waals surface area contributed by atoms with Crippen LogP contribution in [0.15, 0.2) is 30.9 Å². The maximum atomic E-state index is 14.4. The summed E-state index contributed by atoms with van der Waals surface area (Å²) in [7, 11) is 1.76. The van der Waals surface area contributed by atoms with Crippen molar-refractivity contribution in [1.29, 1.82) is 0 Å². The molecule has 3 aromatic heterocycles. The van der Waals surface area contributed by atoms with Gasteiger partial charge < -0.3 is 25.7 Å². The van der Waals surface area contributed by atoms with E-state index < -0.39 is 0 Å². The normalized spacial score (nSPS) is 22.5. The summed E-state index contributed by atoms with van der Waals surface area (Å²) < 4.78 is 20.2. The molecule has 1 saturated carbocycles. The van der Waals surface area contributed by atoms with Crippen LogP contribution in [0, 0.1) is 17.7 Å². The van der Waals surface area contributed by atoms with E-state index in [1.807, 2.05) is 0 Å². The SMILES string of the molecule is CNc1cc(F)cc2c1[nH]c1nc(Oc3cncnc3)nc(N3CC4C[C@@H](N)C4C3)c12. The number of hydrogen-bond acceptors (Lipinski definition) is 8. The minimum absolute atomic E-state index is 0.180. The van der Waals surface area contributed by atoms with Gasteiger partial charge in [0.1, 0.15) is 23.6 Å². The Labute approximate surface area is 176 Å². The molecule has 9 nitrogen and oxygen atoms in total. The summed E-state index contributed by atoms with van der Waals surface area (Å²) >= 11 is 0. The van der Waals surface area contributed by atoms with Crippen molar-refractivity contribution in [3.8, 4) is 11.8 Å². The van der Waals surface area contributed by atoms with E-state index >= 15 is 0 Å². The van der Waals surface area contributed by atoms with Crippen molar-refractivity contribution in [2.75, 3.05) is 30.4 Å². The number of aromatic nitrogens is 5. The van der Waals surface area contributed by atoms with Crippen LogP contribution in [0.4, 0.5) is 15.9 Å². The molecule has 1 aliphatic carbocycles. The Hall–Kier alpha value is -3.53. The number of nitrogens with two attached hydrogens (primary N) is 1. The largest absolute Gasteiger partial charge is 0.421 e. The molecule has 6 rings (SSSR count). The van der Waals surface area contributed by atoms with E-state index in [0.717, 1.165) is 41.6 Å². The van der Waals surface area contributed by atoms with Gasteiger partial charge in [0.05, 0.1) is 29.0 Å². The zero-order valence-corrected chi connectivity index (χ0v) is 16.8. The van der Waals surface area contributed by atoms with Crippen LogP contribution >= 0.6 is 0 Å². The number of nitrogens with zero attached hydrogens (tertiary/aromatic N) is 5. The Morgan fingerprint density at radius 3 is 2.81 bits per heavy atom. The maximum absolute atomic E-state index is 14.4. The monoisotopic (exact) mass is 420 g/mol. The van der Waals surface area contributed by atoms with Gasteiger partial charge in [0.2, 0.25) is 0 Å². The molecule has 0 spiro atoms. The van der Waals surface area contributed by atoms with Gasteiger partial charge in [0, 0.05) is 31.6 Å². The van der Waals surface area contributed by atoms with E-state index in [1.54, 1.807) is 19.4 Å². The second kappa shape index (κ2) is 6.74. The van der Waals surface area contributed by atoms with Crippen molar-refractivity contribution in [1.82, 2.24) is 24.9 Å². The fraction of sp³-hybridized carbons (Fsp3) is 0.333. The molecule has 1 aliphatic heterocycles. The van der Waals surface area contributed by atoms with Gasteiger partial charge in [-0.05, 0) is 30.4 Å². The zero-order chi connectivity index (χ0) is 21.1. The molecule has 1 saturated heterocycles. The second-order valence-corrected chi connectivity index (χ2v) is 8.21.